The summed E-state index contributed by atoms with van der Waals surface area (Å²) in [4.78, 5) is 28.6. The lowest BCUT2D eigenvalue weighted by molar-refractivity contribution is -0.146. The van der Waals surface area contributed by atoms with Crippen molar-refractivity contribution in [2.75, 3.05) is 0 Å². The first-order valence-corrected chi connectivity index (χ1v) is 11.8. The molecular weight excluding hydrogens is 452 g/mol. The van der Waals surface area contributed by atoms with Crippen LogP contribution in [0.25, 0.3) is 0 Å². The van der Waals surface area contributed by atoms with E-state index in [1.165, 1.54) is 13.8 Å². The summed E-state index contributed by atoms with van der Waals surface area (Å²) in [5.41, 5.74) is 7.80. The van der Waals surface area contributed by atoms with Gasteiger partial charge in [0.05, 0.1) is 18.1 Å². The molecule has 4 rings (SSSR count). The third kappa shape index (κ3) is 4.78. The highest BCUT2D eigenvalue weighted by atomic mass is 16.4. The fourth-order valence-corrected chi connectivity index (χ4v) is 4.41. The Balaban J connectivity index is 1.77. The zero-order chi connectivity index (χ0) is 25.8. The van der Waals surface area contributed by atoms with E-state index in [1.54, 1.807) is 6.33 Å². The Morgan fingerprint density at radius 1 is 0.889 bits per heavy atom. The van der Waals surface area contributed by atoms with Crippen LogP contribution in [0.1, 0.15) is 36.2 Å². The number of amides is 1. The van der Waals surface area contributed by atoms with Crippen LogP contribution in [0.15, 0.2) is 104 Å². The first-order valence-electron chi connectivity index (χ1n) is 11.8. The molecule has 0 saturated carbocycles. The average molecular weight is 483 g/mol. The summed E-state index contributed by atoms with van der Waals surface area (Å²) in [6, 6.07) is 29.6. The van der Waals surface area contributed by atoms with E-state index in [-0.39, 0.29) is 6.42 Å². The number of hydrogen-bond donors (Lipinski definition) is 3. The molecular formula is C29H30N4O3. The number of benzene rings is 3. The molecule has 36 heavy (non-hydrogen) atoms. The maximum Gasteiger partial charge on any atom is 0.328 e. The normalized spacial score (nSPS) is 12.6. The van der Waals surface area contributed by atoms with Gasteiger partial charge in [0.1, 0.15) is 11.1 Å². The molecule has 0 aliphatic rings. The summed E-state index contributed by atoms with van der Waals surface area (Å²) in [6.07, 6.45) is 3.82. The van der Waals surface area contributed by atoms with Crippen LogP contribution in [0, 0.1) is 0 Å². The van der Waals surface area contributed by atoms with Gasteiger partial charge in [0.15, 0.2) is 0 Å². The van der Waals surface area contributed by atoms with Gasteiger partial charge < -0.3 is 20.7 Å². The number of aromatic nitrogens is 2. The number of carbonyl (C=O) groups is 2. The van der Waals surface area contributed by atoms with Crippen molar-refractivity contribution in [3.63, 3.8) is 0 Å². The van der Waals surface area contributed by atoms with E-state index in [9.17, 15) is 14.7 Å². The summed E-state index contributed by atoms with van der Waals surface area (Å²) in [7, 11) is 0. The minimum absolute atomic E-state index is 0.156. The van der Waals surface area contributed by atoms with Crippen LogP contribution in [0.3, 0.4) is 0 Å². The molecule has 7 heteroatoms. The van der Waals surface area contributed by atoms with Gasteiger partial charge in [-0.2, -0.15) is 0 Å². The van der Waals surface area contributed by atoms with Gasteiger partial charge >= 0.3 is 5.97 Å². The number of hydrogen-bond acceptors (Lipinski definition) is 4. The molecule has 1 atom stereocenters. The van der Waals surface area contributed by atoms with E-state index < -0.39 is 29.0 Å². The molecule has 0 bridgehead atoms. The topological polar surface area (TPSA) is 110 Å². The third-order valence-corrected chi connectivity index (χ3v) is 6.33. The van der Waals surface area contributed by atoms with Crippen molar-refractivity contribution in [3.8, 4) is 0 Å². The fraction of sp³-hybridized carbons (Fsp3) is 0.207. The second-order valence-corrected chi connectivity index (χ2v) is 9.31. The van der Waals surface area contributed by atoms with Gasteiger partial charge in [-0.15, -0.1) is 0 Å². The molecule has 0 spiro atoms. The van der Waals surface area contributed by atoms with Gasteiger partial charge in [0.25, 0.3) is 0 Å². The van der Waals surface area contributed by atoms with Crippen LogP contribution in [0.4, 0.5) is 0 Å². The highest BCUT2D eigenvalue weighted by Crippen LogP contribution is 2.40. The monoisotopic (exact) mass is 482 g/mol. The number of carboxylic acids is 1. The van der Waals surface area contributed by atoms with Crippen molar-refractivity contribution in [1.82, 2.24) is 14.9 Å². The minimum atomic E-state index is -1.42. The molecule has 0 radical (unpaired) electrons. The molecule has 4 N–H and O–H groups in total. The maximum atomic E-state index is 12.6. The van der Waals surface area contributed by atoms with Crippen LogP contribution in [0.5, 0.6) is 0 Å². The highest BCUT2D eigenvalue weighted by Gasteiger charge is 2.38. The lowest BCUT2D eigenvalue weighted by Gasteiger charge is -2.37. The van der Waals surface area contributed by atoms with Crippen LogP contribution >= 0.6 is 0 Å². The third-order valence-electron chi connectivity index (χ3n) is 6.33. The molecule has 0 fully saturated rings. The first kappa shape index (κ1) is 24.9. The number of carbonyl (C=O) groups excluding carboxylic acids is 1. The number of nitrogens with zero attached hydrogens (tertiary/aromatic N) is 2. The quantitative estimate of drug-likeness (QED) is 0.316. The lowest BCUT2D eigenvalue weighted by atomic mass is 9.77. The summed E-state index contributed by atoms with van der Waals surface area (Å²) in [5, 5.41) is 11.8. The number of nitrogens with one attached hydrogen (secondary N) is 1. The van der Waals surface area contributed by atoms with Gasteiger partial charge in [0.2, 0.25) is 5.91 Å². The number of carboxylic acid groups (broad SMARTS) is 1. The van der Waals surface area contributed by atoms with E-state index in [0.29, 0.717) is 5.69 Å². The second-order valence-electron chi connectivity index (χ2n) is 9.31. The van der Waals surface area contributed by atoms with Gasteiger partial charge in [-0.1, -0.05) is 91.0 Å². The van der Waals surface area contributed by atoms with Crippen molar-refractivity contribution < 1.29 is 14.7 Å². The van der Waals surface area contributed by atoms with E-state index >= 15 is 0 Å². The zero-order valence-electron chi connectivity index (χ0n) is 20.3. The first-order chi connectivity index (χ1) is 17.2. The zero-order valence-corrected chi connectivity index (χ0v) is 20.3. The highest BCUT2D eigenvalue weighted by molar-refractivity contribution is 5.89. The van der Waals surface area contributed by atoms with Gasteiger partial charge in [-0.25, -0.2) is 9.78 Å². The lowest BCUT2D eigenvalue weighted by Crippen LogP contribution is -2.55. The van der Waals surface area contributed by atoms with E-state index in [4.69, 9.17) is 5.73 Å². The minimum Gasteiger partial charge on any atom is -0.480 e. The smallest absolute Gasteiger partial charge is 0.328 e. The van der Waals surface area contributed by atoms with E-state index in [1.807, 2.05) is 65.4 Å². The van der Waals surface area contributed by atoms with E-state index in [0.717, 1.165) is 16.7 Å². The second kappa shape index (κ2) is 10.2. The molecule has 0 aliphatic carbocycles. The molecule has 3 aromatic carbocycles. The van der Waals surface area contributed by atoms with Crippen molar-refractivity contribution >= 4 is 11.9 Å². The Labute approximate surface area is 210 Å². The van der Waals surface area contributed by atoms with Crippen molar-refractivity contribution in [1.29, 1.82) is 0 Å². The van der Waals surface area contributed by atoms with E-state index in [2.05, 4.69) is 46.7 Å². The SMILES string of the molecule is CC(C)(NC(=O)[C@@H](N)Cc1cn(C(c2ccccc2)(c2ccccc2)c2ccccc2)cn1)C(=O)O. The average Bonchev–Trinajstić information content (AvgIpc) is 3.34. The molecule has 0 saturated heterocycles. The predicted molar refractivity (Wildman–Crippen MR) is 138 cm³/mol. The van der Waals surface area contributed by atoms with Crippen LogP contribution in [-0.4, -0.2) is 38.1 Å². The molecule has 4 aromatic rings. The van der Waals surface area contributed by atoms with Gasteiger partial charge in [-0.3, -0.25) is 4.79 Å². The number of rotatable bonds is 9. The number of nitrogens with two attached hydrogens (primary N) is 1. The van der Waals surface area contributed by atoms with Crippen molar-refractivity contribution in [3.05, 3.63) is 126 Å². The van der Waals surface area contributed by atoms with Crippen molar-refractivity contribution in [2.24, 2.45) is 5.73 Å². The van der Waals surface area contributed by atoms with Gasteiger partial charge in [0, 0.05) is 12.6 Å². The largest absolute Gasteiger partial charge is 0.480 e. The Morgan fingerprint density at radius 2 is 1.33 bits per heavy atom. The molecule has 0 unspecified atom stereocenters. The van der Waals surface area contributed by atoms with Crippen molar-refractivity contribution in [2.45, 2.75) is 37.4 Å². The predicted octanol–water partition coefficient (Wildman–Crippen LogP) is 3.57. The number of aliphatic carboxylic acids is 1. The maximum absolute atomic E-state index is 12.6. The summed E-state index contributed by atoms with van der Waals surface area (Å²) >= 11 is 0. The van der Waals surface area contributed by atoms with Gasteiger partial charge in [-0.05, 0) is 30.5 Å². The standard InChI is InChI=1S/C29H30N4O3/c1-28(2,27(35)36)32-26(34)25(30)18-24-19-33(20-31-24)29(21-12-6-3-7-13-21,22-14-8-4-9-15-22)23-16-10-5-11-17-23/h3-17,19-20,25H,18,30H2,1-2H3,(H,32,34)(H,35,36)/t25-/m0/s1. The molecule has 7 nitrogen and oxygen atoms in total. The Hall–Kier alpha value is -4.23. The Bertz CT molecular complexity index is 1220. The molecule has 1 aromatic heterocycles. The molecule has 184 valence electrons. The molecule has 0 aliphatic heterocycles. The Morgan fingerprint density at radius 3 is 1.75 bits per heavy atom. The summed E-state index contributed by atoms with van der Waals surface area (Å²) in [5.74, 6) is -1.68. The van der Waals surface area contributed by atoms with Crippen LogP contribution in [-0.2, 0) is 21.5 Å². The van der Waals surface area contributed by atoms with Crippen LogP contribution < -0.4 is 11.1 Å². The van der Waals surface area contributed by atoms with Crippen LogP contribution in [0.2, 0.25) is 0 Å². The Kier molecular flexibility index (Phi) is 7.03. The molecule has 1 amide bonds. The summed E-state index contributed by atoms with van der Waals surface area (Å²) in [6.45, 7) is 2.84. The summed E-state index contributed by atoms with van der Waals surface area (Å²) < 4.78 is 2.05. The molecule has 1 heterocycles. The fourth-order valence-electron chi connectivity index (χ4n) is 4.41. The number of imidazole rings is 1.